The second kappa shape index (κ2) is 5.19. The monoisotopic (exact) mass is 251 g/mol. The lowest BCUT2D eigenvalue weighted by Gasteiger charge is -2.24. The molecular formula is C14H18ClNO. The number of Topliss-reactive ketones (excluding diaryl/α,β-unsaturated/α-hetero) is 1. The second-order valence-corrected chi connectivity index (χ2v) is 5.32. The van der Waals surface area contributed by atoms with Gasteiger partial charge >= 0.3 is 0 Å². The van der Waals surface area contributed by atoms with Gasteiger partial charge in [-0.15, -0.1) is 0 Å². The summed E-state index contributed by atoms with van der Waals surface area (Å²) in [6.45, 7) is 2.64. The zero-order valence-corrected chi connectivity index (χ0v) is 11.1. The molecule has 3 heteroatoms. The third-order valence-electron chi connectivity index (χ3n) is 3.43. The number of hydrogen-bond acceptors (Lipinski definition) is 2. The van der Waals surface area contributed by atoms with E-state index in [2.05, 4.69) is 17.9 Å². The van der Waals surface area contributed by atoms with Gasteiger partial charge in [0.05, 0.1) is 6.54 Å². The molecule has 92 valence electrons. The van der Waals surface area contributed by atoms with Crippen LogP contribution in [0.3, 0.4) is 0 Å². The summed E-state index contributed by atoms with van der Waals surface area (Å²) in [5.41, 5.74) is 1.16. The summed E-state index contributed by atoms with van der Waals surface area (Å²) in [5, 5.41) is 0.747. The van der Waals surface area contributed by atoms with E-state index < -0.39 is 0 Å². The molecule has 1 aromatic rings. The molecule has 0 heterocycles. The molecule has 0 aromatic heterocycles. The van der Waals surface area contributed by atoms with Crippen molar-refractivity contribution in [1.82, 2.24) is 4.90 Å². The highest BCUT2D eigenvalue weighted by atomic mass is 35.5. The Labute approximate surface area is 108 Å². The Morgan fingerprint density at radius 1 is 1.53 bits per heavy atom. The molecule has 0 saturated heterocycles. The van der Waals surface area contributed by atoms with Crippen molar-refractivity contribution < 1.29 is 4.79 Å². The summed E-state index contributed by atoms with van der Waals surface area (Å²) in [5.74, 6) is 0.713. The minimum absolute atomic E-state index is 0.219. The third kappa shape index (κ3) is 3.30. The highest BCUT2D eigenvalue weighted by molar-refractivity contribution is 6.30. The molecule has 1 aliphatic rings. The molecule has 1 atom stereocenters. The van der Waals surface area contributed by atoms with Crippen molar-refractivity contribution in [2.24, 2.45) is 5.92 Å². The molecule has 1 unspecified atom stereocenters. The number of likely N-dealkylation sites (N-methyl/N-ethyl adjacent to an activating group) is 1. The van der Waals surface area contributed by atoms with Crippen molar-refractivity contribution in [3.05, 3.63) is 34.9 Å². The lowest BCUT2D eigenvalue weighted by Crippen LogP contribution is -2.29. The minimum Gasteiger partial charge on any atom is -0.298 e. The Bertz CT molecular complexity index is 414. The molecule has 0 N–H and O–H groups in total. The van der Waals surface area contributed by atoms with Crippen LogP contribution in [0.4, 0.5) is 0 Å². The smallest absolute Gasteiger partial charge is 0.149 e. The summed E-state index contributed by atoms with van der Waals surface area (Å²) in [4.78, 5) is 13.8. The number of hydrogen-bond donors (Lipinski definition) is 0. The maximum atomic E-state index is 11.8. The van der Waals surface area contributed by atoms with Gasteiger partial charge in [0.15, 0.2) is 0 Å². The number of carbonyl (C=O) groups is 1. The Morgan fingerprint density at radius 2 is 2.24 bits per heavy atom. The first-order valence-corrected chi connectivity index (χ1v) is 6.44. The Kier molecular flexibility index (Phi) is 3.85. The molecule has 1 fully saturated rings. The average molecular weight is 252 g/mol. The number of halogens is 1. The maximum absolute atomic E-state index is 11.8. The number of benzene rings is 1. The van der Waals surface area contributed by atoms with Gasteiger partial charge in [-0.05, 0) is 44.5 Å². The first-order valence-electron chi connectivity index (χ1n) is 6.06. The third-order valence-corrected chi connectivity index (χ3v) is 3.67. The molecular weight excluding hydrogens is 234 g/mol. The van der Waals surface area contributed by atoms with Crippen LogP contribution in [0.1, 0.15) is 31.4 Å². The van der Waals surface area contributed by atoms with Crippen molar-refractivity contribution >= 4 is 17.4 Å². The fourth-order valence-electron chi connectivity index (χ4n) is 1.94. The van der Waals surface area contributed by atoms with Crippen molar-refractivity contribution in [2.45, 2.75) is 25.8 Å². The van der Waals surface area contributed by atoms with E-state index >= 15 is 0 Å². The van der Waals surface area contributed by atoms with E-state index in [9.17, 15) is 4.79 Å². The van der Waals surface area contributed by atoms with Gasteiger partial charge in [0.1, 0.15) is 5.78 Å². The number of rotatable bonds is 5. The lowest BCUT2D eigenvalue weighted by atomic mass is 10.1. The Balaban J connectivity index is 1.98. The van der Waals surface area contributed by atoms with Crippen LogP contribution in [-0.4, -0.2) is 24.3 Å². The molecule has 2 nitrogen and oxygen atoms in total. The van der Waals surface area contributed by atoms with Gasteiger partial charge in [0.25, 0.3) is 0 Å². The summed E-state index contributed by atoms with van der Waals surface area (Å²) in [6, 6.07) is 8.05. The molecule has 1 aliphatic carbocycles. The largest absolute Gasteiger partial charge is 0.298 e. The quantitative estimate of drug-likeness (QED) is 0.800. The first kappa shape index (κ1) is 12.6. The molecule has 1 saturated carbocycles. The SMILES string of the molecule is CC(c1cccc(Cl)c1)N(C)CC(=O)C1CC1. The Morgan fingerprint density at radius 3 is 2.82 bits per heavy atom. The highest BCUT2D eigenvalue weighted by Crippen LogP contribution is 2.31. The molecule has 0 bridgehead atoms. The van der Waals surface area contributed by atoms with E-state index in [0.29, 0.717) is 18.2 Å². The van der Waals surface area contributed by atoms with Crippen molar-refractivity contribution in [1.29, 1.82) is 0 Å². The standard InChI is InChI=1S/C14H18ClNO/c1-10(12-4-3-5-13(15)8-12)16(2)9-14(17)11-6-7-11/h3-5,8,10-11H,6-7,9H2,1-2H3. The number of ketones is 1. The topological polar surface area (TPSA) is 20.3 Å². The van der Waals surface area contributed by atoms with Crippen molar-refractivity contribution in [3.63, 3.8) is 0 Å². The van der Waals surface area contributed by atoms with E-state index in [-0.39, 0.29) is 6.04 Å². The predicted octanol–water partition coefficient (Wildman–Crippen LogP) is 3.31. The summed E-state index contributed by atoms with van der Waals surface area (Å²) in [7, 11) is 1.99. The summed E-state index contributed by atoms with van der Waals surface area (Å²) < 4.78 is 0. The Hall–Kier alpha value is -0.860. The van der Waals surface area contributed by atoms with Gasteiger partial charge in [-0.2, -0.15) is 0 Å². The van der Waals surface area contributed by atoms with Crippen LogP contribution >= 0.6 is 11.6 Å². The molecule has 0 radical (unpaired) electrons. The average Bonchev–Trinajstić information content (AvgIpc) is 3.11. The molecule has 17 heavy (non-hydrogen) atoms. The van der Waals surface area contributed by atoms with Crippen molar-refractivity contribution in [2.75, 3.05) is 13.6 Å². The minimum atomic E-state index is 0.219. The normalized spacial score (nSPS) is 17.2. The molecule has 0 aliphatic heterocycles. The zero-order valence-electron chi connectivity index (χ0n) is 10.3. The second-order valence-electron chi connectivity index (χ2n) is 4.89. The lowest BCUT2D eigenvalue weighted by molar-refractivity contribution is -0.121. The van der Waals surface area contributed by atoms with Crippen LogP contribution in [-0.2, 0) is 4.79 Å². The van der Waals surface area contributed by atoms with Crippen LogP contribution in [0.25, 0.3) is 0 Å². The van der Waals surface area contributed by atoms with Crippen molar-refractivity contribution in [3.8, 4) is 0 Å². The molecule has 0 amide bonds. The van der Waals surface area contributed by atoms with E-state index in [1.807, 2.05) is 25.2 Å². The van der Waals surface area contributed by atoms with Gasteiger partial charge in [0, 0.05) is 17.0 Å². The maximum Gasteiger partial charge on any atom is 0.149 e. The van der Waals surface area contributed by atoms with Crippen LogP contribution in [0, 0.1) is 5.92 Å². The summed E-state index contributed by atoms with van der Waals surface area (Å²) >= 11 is 5.97. The van der Waals surface area contributed by atoms with E-state index in [4.69, 9.17) is 11.6 Å². The van der Waals surface area contributed by atoms with Gasteiger partial charge in [-0.3, -0.25) is 9.69 Å². The van der Waals surface area contributed by atoms with Gasteiger partial charge in [0.2, 0.25) is 0 Å². The van der Waals surface area contributed by atoms with E-state index in [1.54, 1.807) is 0 Å². The van der Waals surface area contributed by atoms with Crippen LogP contribution in [0.15, 0.2) is 24.3 Å². The molecule has 0 spiro atoms. The fourth-order valence-corrected chi connectivity index (χ4v) is 2.14. The van der Waals surface area contributed by atoms with Gasteiger partial charge < -0.3 is 0 Å². The van der Waals surface area contributed by atoms with Crippen LogP contribution < -0.4 is 0 Å². The predicted molar refractivity (Wildman–Crippen MR) is 70.2 cm³/mol. The van der Waals surface area contributed by atoms with E-state index in [1.165, 1.54) is 0 Å². The first-order chi connectivity index (χ1) is 8.08. The van der Waals surface area contributed by atoms with Crippen LogP contribution in [0.2, 0.25) is 5.02 Å². The zero-order chi connectivity index (χ0) is 12.4. The van der Waals surface area contributed by atoms with Gasteiger partial charge in [-0.1, -0.05) is 23.7 Å². The fraction of sp³-hybridized carbons (Fsp3) is 0.500. The van der Waals surface area contributed by atoms with E-state index in [0.717, 1.165) is 23.4 Å². The molecule has 1 aromatic carbocycles. The molecule has 2 rings (SSSR count). The summed E-state index contributed by atoms with van der Waals surface area (Å²) in [6.07, 6.45) is 2.16. The van der Waals surface area contributed by atoms with Gasteiger partial charge in [-0.25, -0.2) is 0 Å². The number of nitrogens with zero attached hydrogens (tertiary/aromatic N) is 1. The highest BCUT2D eigenvalue weighted by Gasteiger charge is 2.30. The van der Waals surface area contributed by atoms with Crippen LogP contribution in [0.5, 0.6) is 0 Å². The number of carbonyl (C=O) groups excluding carboxylic acids is 1.